The third kappa shape index (κ3) is 1.58. The average Bonchev–Trinajstić information content (AvgIpc) is 2.49. The SMILES string of the molecule is C[C@H](N)Cc1c[nH]c2ncnc(Cl)c12. The highest BCUT2D eigenvalue weighted by Gasteiger charge is 2.10. The third-order valence-electron chi connectivity index (χ3n) is 2.05. The van der Waals surface area contributed by atoms with Crippen LogP contribution in [0.2, 0.25) is 5.15 Å². The van der Waals surface area contributed by atoms with Gasteiger partial charge < -0.3 is 10.7 Å². The largest absolute Gasteiger partial charge is 0.346 e. The predicted molar refractivity (Wildman–Crippen MR) is 56.3 cm³/mol. The number of nitrogens with one attached hydrogen (secondary N) is 1. The topological polar surface area (TPSA) is 67.6 Å². The van der Waals surface area contributed by atoms with Gasteiger partial charge in [-0.05, 0) is 18.9 Å². The van der Waals surface area contributed by atoms with Crippen molar-refractivity contribution >= 4 is 22.6 Å². The van der Waals surface area contributed by atoms with Crippen molar-refractivity contribution in [2.45, 2.75) is 19.4 Å². The number of aromatic nitrogens is 3. The summed E-state index contributed by atoms with van der Waals surface area (Å²) in [5.74, 6) is 0. The molecule has 2 aromatic rings. The van der Waals surface area contributed by atoms with Crippen molar-refractivity contribution in [2.24, 2.45) is 5.73 Å². The van der Waals surface area contributed by atoms with Crippen LogP contribution in [0.4, 0.5) is 0 Å². The minimum Gasteiger partial charge on any atom is -0.346 e. The zero-order valence-electron chi connectivity index (χ0n) is 7.79. The number of aromatic amines is 1. The first-order chi connectivity index (χ1) is 6.68. The van der Waals surface area contributed by atoms with E-state index in [0.29, 0.717) is 5.15 Å². The number of nitrogens with zero attached hydrogens (tertiary/aromatic N) is 2. The fourth-order valence-corrected chi connectivity index (χ4v) is 1.75. The number of fused-ring (bicyclic) bond motifs is 1. The molecule has 0 bridgehead atoms. The smallest absolute Gasteiger partial charge is 0.142 e. The fourth-order valence-electron chi connectivity index (χ4n) is 1.49. The van der Waals surface area contributed by atoms with Crippen molar-refractivity contribution in [3.05, 3.63) is 23.2 Å². The maximum Gasteiger partial charge on any atom is 0.142 e. The van der Waals surface area contributed by atoms with E-state index in [2.05, 4.69) is 15.0 Å². The second-order valence-electron chi connectivity index (χ2n) is 3.38. The van der Waals surface area contributed by atoms with Crippen LogP contribution < -0.4 is 5.73 Å². The van der Waals surface area contributed by atoms with E-state index < -0.39 is 0 Å². The summed E-state index contributed by atoms with van der Waals surface area (Å²) in [7, 11) is 0. The summed E-state index contributed by atoms with van der Waals surface area (Å²) in [6.45, 7) is 1.95. The van der Waals surface area contributed by atoms with Gasteiger partial charge >= 0.3 is 0 Å². The summed E-state index contributed by atoms with van der Waals surface area (Å²) < 4.78 is 0. The molecular formula is C9H11ClN4. The fraction of sp³-hybridized carbons (Fsp3) is 0.333. The molecule has 4 nitrogen and oxygen atoms in total. The van der Waals surface area contributed by atoms with Crippen molar-refractivity contribution in [1.29, 1.82) is 0 Å². The van der Waals surface area contributed by atoms with Gasteiger partial charge in [-0.15, -0.1) is 0 Å². The first-order valence-electron chi connectivity index (χ1n) is 4.40. The molecular weight excluding hydrogens is 200 g/mol. The van der Waals surface area contributed by atoms with Gasteiger partial charge in [0.05, 0.1) is 5.39 Å². The van der Waals surface area contributed by atoms with Crippen molar-refractivity contribution in [2.75, 3.05) is 0 Å². The summed E-state index contributed by atoms with van der Waals surface area (Å²) in [5.41, 5.74) is 7.56. The molecule has 0 fully saturated rings. The van der Waals surface area contributed by atoms with Gasteiger partial charge in [0.1, 0.15) is 17.1 Å². The molecule has 0 amide bonds. The van der Waals surface area contributed by atoms with E-state index in [0.717, 1.165) is 23.0 Å². The highest BCUT2D eigenvalue weighted by Crippen LogP contribution is 2.23. The Hall–Kier alpha value is -1.13. The minimum absolute atomic E-state index is 0.102. The van der Waals surface area contributed by atoms with E-state index in [1.54, 1.807) is 0 Å². The molecule has 0 radical (unpaired) electrons. The molecule has 0 saturated carbocycles. The Morgan fingerprint density at radius 3 is 3.07 bits per heavy atom. The Bertz CT molecular complexity index is 449. The van der Waals surface area contributed by atoms with E-state index in [1.165, 1.54) is 6.33 Å². The maximum absolute atomic E-state index is 5.98. The van der Waals surface area contributed by atoms with Gasteiger partial charge in [0.25, 0.3) is 0 Å². The lowest BCUT2D eigenvalue weighted by molar-refractivity contribution is 0.741. The van der Waals surface area contributed by atoms with Gasteiger partial charge in [-0.3, -0.25) is 0 Å². The van der Waals surface area contributed by atoms with Crippen LogP contribution in [0.3, 0.4) is 0 Å². The summed E-state index contributed by atoms with van der Waals surface area (Å²) in [4.78, 5) is 11.1. The van der Waals surface area contributed by atoms with E-state index in [-0.39, 0.29) is 6.04 Å². The first kappa shape index (κ1) is 9.43. The van der Waals surface area contributed by atoms with Gasteiger partial charge in [-0.2, -0.15) is 0 Å². The van der Waals surface area contributed by atoms with Crippen molar-refractivity contribution < 1.29 is 0 Å². The molecule has 2 aromatic heterocycles. The summed E-state index contributed by atoms with van der Waals surface area (Å²) in [6.07, 6.45) is 4.10. The van der Waals surface area contributed by atoms with Crippen LogP contribution in [0.1, 0.15) is 12.5 Å². The van der Waals surface area contributed by atoms with Crippen LogP contribution >= 0.6 is 11.6 Å². The van der Waals surface area contributed by atoms with E-state index >= 15 is 0 Å². The Labute approximate surface area is 86.5 Å². The zero-order chi connectivity index (χ0) is 10.1. The predicted octanol–water partition coefficient (Wildman–Crippen LogP) is 1.50. The van der Waals surface area contributed by atoms with Crippen molar-refractivity contribution in [3.8, 4) is 0 Å². The molecule has 0 saturated heterocycles. The van der Waals surface area contributed by atoms with Gasteiger partial charge in [-0.1, -0.05) is 11.6 Å². The molecule has 0 aliphatic rings. The molecule has 1 atom stereocenters. The van der Waals surface area contributed by atoms with Crippen molar-refractivity contribution in [1.82, 2.24) is 15.0 Å². The molecule has 0 unspecified atom stereocenters. The quantitative estimate of drug-likeness (QED) is 0.739. The Kier molecular flexibility index (Phi) is 2.39. The number of halogens is 1. The molecule has 0 spiro atoms. The monoisotopic (exact) mass is 210 g/mol. The van der Waals surface area contributed by atoms with Crippen LogP contribution in [0.5, 0.6) is 0 Å². The summed E-state index contributed by atoms with van der Waals surface area (Å²) in [6, 6.07) is 0.102. The zero-order valence-corrected chi connectivity index (χ0v) is 8.54. The van der Waals surface area contributed by atoms with E-state index in [1.807, 2.05) is 13.1 Å². The van der Waals surface area contributed by atoms with E-state index in [4.69, 9.17) is 17.3 Å². The van der Waals surface area contributed by atoms with Crippen LogP contribution in [0.25, 0.3) is 11.0 Å². The molecule has 3 N–H and O–H groups in total. The molecule has 14 heavy (non-hydrogen) atoms. The molecule has 0 aliphatic carbocycles. The number of nitrogens with two attached hydrogens (primary N) is 1. The number of rotatable bonds is 2. The summed E-state index contributed by atoms with van der Waals surface area (Å²) >= 11 is 5.98. The van der Waals surface area contributed by atoms with Gasteiger partial charge in [0.15, 0.2) is 0 Å². The minimum atomic E-state index is 0.102. The van der Waals surface area contributed by atoms with Gasteiger partial charge in [-0.25, -0.2) is 9.97 Å². The Morgan fingerprint density at radius 2 is 2.36 bits per heavy atom. The number of H-pyrrole nitrogens is 1. The van der Waals surface area contributed by atoms with Crippen LogP contribution in [-0.4, -0.2) is 21.0 Å². The molecule has 5 heteroatoms. The molecule has 0 aromatic carbocycles. The second kappa shape index (κ2) is 3.55. The molecule has 0 aliphatic heterocycles. The van der Waals surface area contributed by atoms with Crippen LogP contribution in [0, 0.1) is 0 Å². The molecule has 74 valence electrons. The van der Waals surface area contributed by atoms with Gasteiger partial charge in [0, 0.05) is 12.2 Å². The molecule has 2 heterocycles. The lowest BCUT2D eigenvalue weighted by atomic mass is 10.1. The average molecular weight is 211 g/mol. The lowest BCUT2D eigenvalue weighted by Crippen LogP contribution is -2.17. The van der Waals surface area contributed by atoms with Crippen molar-refractivity contribution in [3.63, 3.8) is 0 Å². The lowest BCUT2D eigenvalue weighted by Gasteiger charge is -2.02. The van der Waals surface area contributed by atoms with Crippen LogP contribution in [0.15, 0.2) is 12.5 Å². The third-order valence-corrected chi connectivity index (χ3v) is 2.33. The second-order valence-corrected chi connectivity index (χ2v) is 3.74. The first-order valence-corrected chi connectivity index (χ1v) is 4.78. The normalized spacial score (nSPS) is 13.4. The Balaban J connectivity index is 2.55. The summed E-state index contributed by atoms with van der Waals surface area (Å²) in [5, 5.41) is 1.36. The highest BCUT2D eigenvalue weighted by molar-refractivity contribution is 6.34. The number of hydrogen-bond acceptors (Lipinski definition) is 3. The van der Waals surface area contributed by atoms with E-state index in [9.17, 15) is 0 Å². The maximum atomic E-state index is 5.98. The Morgan fingerprint density at radius 1 is 1.57 bits per heavy atom. The number of hydrogen-bond donors (Lipinski definition) is 2. The van der Waals surface area contributed by atoms with Crippen LogP contribution in [-0.2, 0) is 6.42 Å². The highest BCUT2D eigenvalue weighted by atomic mass is 35.5. The standard InChI is InChI=1S/C9H11ClN4/c1-5(11)2-6-3-12-9-7(6)8(10)13-4-14-9/h3-5H,2,11H2,1H3,(H,12,13,14)/t5-/m0/s1. The van der Waals surface area contributed by atoms with Gasteiger partial charge in [0.2, 0.25) is 0 Å². The molecule has 2 rings (SSSR count).